The van der Waals surface area contributed by atoms with E-state index in [1.165, 1.54) is 12.1 Å². The second-order valence-electron chi connectivity index (χ2n) is 3.25. The fraction of sp³-hybridized carbons (Fsp3) is 0.182. The summed E-state index contributed by atoms with van der Waals surface area (Å²) in [5.41, 5.74) is 1.61. The molecular weight excluding hydrogens is 195 g/mol. The van der Waals surface area contributed by atoms with Gasteiger partial charge in [-0.05, 0) is 30.2 Å². The van der Waals surface area contributed by atoms with Crippen molar-refractivity contribution in [1.29, 1.82) is 0 Å². The van der Waals surface area contributed by atoms with Crippen LogP contribution in [0.4, 0.5) is 4.39 Å². The number of nitrogens with zero attached hydrogens (tertiary/aromatic N) is 2. The summed E-state index contributed by atoms with van der Waals surface area (Å²) >= 11 is 0. The van der Waals surface area contributed by atoms with Gasteiger partial charge >= 0.3 is 0 Å². The van der Waals surface area contributed by atoms with E-state index >= 15 is 0 Å². The van der Waals surface area contributed by atoms with Crippen LogP contribution in [0.25, 0.3) is 5.69 Å². The molecule has 0 bridgehead atoms. The van der Waals surface area contributed by atoms with Crippen LogP contribution in [0.3, 0.4) is 0 Å². The summed E-state index contributed by atoms with van der Waals surface area (Å²) in [6, 6.07) is 6.22. The van der Waals surface area contributed by atoms with Crippen LogP contribution in [0.1, 0.15) is 5.56 Å². The summed E-state index contributed by atoms with van der Waals surface area (Å²) in [5, 5.41) is 12.8. The van der Waals surface area contributed by atoms with Crippen molar-refractivity contribution in [2.24, 2.45) is 0 Å². The van der Waals surface area contributed by atoms with Crippen molar-refractivity contribution in [3.8, 4) is 5.69 Å². The molecule has 1 aromatic heterocycles. The Balaban J connectivity index is 2.29. The zero-order valence-electron chi connectivity index (χ0n) is 8.10. The molecule has 1 N–H and O–H groups in total. The lowest BCUT2D eigenvalue weighted by molar-refractivity contribution is 0.299. The Bertz CT molecular complexity index is 453. The van der Waals surface area contributed by atoms with E-state index in [9.17, 15) is 4.39 Å². The smallest absolute Gasteiger partial charge is 0.125 e. The average molecular weight is 206 g/mol. The number of benzene rings is 1. The second-order valence-corrected chi connectivity index (χ2v) is 3.25. The maximum Gasteiger partial charge on any atom is 0.125 e. The van der Waals surface area contributed by atoms with Crippen molar-refractivity contribution in [3.63, 3.8) is 0 Å². The molecule has 2 rings (SSSR count). The summed E-state index contributed by atoms with van der Waals surface area (Å²) in [5.74, 6) is -0.285. The third kappa shape index (κ3) is 2.22. The SMILES string of the molecule is OCCc1cnn(-c2cccc(F)c2)c1. The number of aliphatic hydroxyl groups is 1. The van der Waals surface area contributed by atoms with E-state index in [0.717, 1.165) is 5.56 Å². The van der Waals surface area contributed by atoms with Crippen LogP contribution in [-0.2, 0) is 6.42 Å². The van der Waals surface area contributed by atoms with E-state index in [2.05, 4.69) is 5.10 Å². The van der Waals surface area contributed by atoms with Crippen molar-refractivity contribution in [2.75, 3.05) is 6.61 Å². The summed E-state index contributed by atoms with van der Waals surface area (Å²) < 4.78 is 14.5. The van der Waals surface area contributed by atoms with Gasteiger partial charge in [0.15, 0.2) is 0 Å². The standard InChI is InChI=1S/C11H11FN2O/c12-10-2-1-3-11(6-10)14-8-9(4-5-15)7-13-14/h1-3,6-8,15H,4-5H2. The van der Waals surface area contributed by atoms with Crippen molar-refractivity contribution < 1.29 is 9.50 Å². The third-order valence-electron chi connectivity index (χ3n) is 2.11. The monoisotopic (exact) mass is 206 g/mol. The second kappa shape index (κ2) is 4.23. The number of halogens is 1. The Morgan fingerprint density at radius 3 is 3.00 bits per heavy atom. The molecule has 3 nitrogen and oxygen atoms in total. The Labute approximate surface area is 86.8 Å². The van der Waals surface area contributed by atoms with Crippen LogP contribution in [0, 0.1) is 5.82 Å². The molecule has 0 aliphatic carbocycles. The van der Waals surface area contributed by atoms with Crippen molar-refractivity contribution >= 4 is 0 Å². The molecule has 15 heavy (non-hydrogen) atoms. The van der Waals surface area contributed by atoms with E-state index in [-0.39, 0.29) is 12.4 Å². The number of hydrogen-bond acceptors (Lipinski definition) is 2. The average Bonchev–Trinajstić information content (AvgIpc) is 2.67. The molecule has 0 radical (unpaired) electrons. The molecule has 1 aromatic carbocycles. The van der Waals surface area contributed by atoms with Crippen LogP contribution in [0.5, 0.6) is 0 Å². The molecule has 2 aromatic rings. The van der Waals surface area contributed by atoms with Gasteiger partial charge in [-0.1, -0.05) is 6.07 Å². The fourth-order valence-electron chi connectivity index (χ4n) is 1.38. The van der Waals surface area contributed by atoms with Crippen LogP contribution in [0.15, 0.2) is 36.7 Å². The van der Waals surface area contributed by atoms with Gasteiger partial charge in [0.05, 0.1) is 11.9 Å². The minimum atomic E-state index is -0.285. The molecule has 0 aliphatic rings. The van der Waals surface area contributed by atoms with Crippen molar-refractivity contribution in [2.45, 2.75) is 6.42 Å². The predicted octanol–water partition coefficient (Wildman–Crippen LogP) is 1.55. The number of aliphatic hydroxyl groups excluding tert-OH is 1. The van der Waals surface area contributed by atoms with Gasteiger partial charge in [-0.2, -0.15) is 5.10 Å². The Morgan fingerprint density at radius 2 is 2.27 bits per heavy atom. The Morgan fingerprint density at radius 1 is 1.40 bits per heavy atom. The van der Waals surface area contributed by atoms with Crippen LogP contribution in [0.2, 0.25) is 0 Å². The Hall–Kier alpha value is -1.68. The third-order valence-corrected chi connectivity index (χ3v) is 2.11. The first kappa shape index (κ1) is 9.86. The normalized spacial score (nSPS) is 10.5. The van der Waals surface area contributed by atoms with Gasteiger partial charge in [0.25, 0.3) is 0 Å². The highest BCUT2D eigenvalue weighted by Crippen LogP contribution is 2.10. The Kier molecular flexibility index (Phi) is 2.78. The van der Waals surface area contributed by atoms with Gasteiger partial charge in [-0.15, -0.1) is 0 Å². The van der Waals surface area contributed by atoms with Crippen LogP contribution in [-0.4, -0.2) is 21.5 Å². The highest BCUT2D eigenvalue weighted by atomic mass is 19.1. The summed E-state index contributed by atoms with van der Waals surface area (Å²) in [6.45, 7) is 0.0921. The maximum atomic E-state index is 12.9. The molecule has 0 spiro atoms. The molecule has 1 heterocycles. The molecule has 0 amide bonds. The van der Waals surface area contributed by atoms with E-state index in [4.69, 9.17) is 5.11 Å². The predicted molar refractivity (Wildman–Crippen MR) is 54.3 cm³/mol. The highest BCUT2D eigenvalue weighted by Gasteiger charge is 2.01. The molecule has 0 fully saturated rings. The van der Waals surface area contributed by atoms with Gasteiger partial charge in [-0.25, -0.2) is 9.07 Å². The summed E-state index contributed by atoms with van der Waals surface area (Å²) in [4.78, 5) is 0. The quantitative estimate of drug-likeness (QED) is 0.827. The molecular formula is C11H11FN2O. The zero-order valence-corrected chi connectivity index (χ0v) is 8.10. The maximum absolute atomic E-state index is 12.9. The lowest BCUT2D eigenvalue weighted by Crippen LogP contribution is -1.94. The molecule has 0 aliphatic heterocycles. The molecule has 0 unspecified atom stereocenters. The van der Waals surface area contributed by atoms with Gasteiger partial charge in [-0.3, -0.25) is 0 Å². The largest absolute Gasteiger partial charge is 0.396 e. The molecule has 0 atom stereocenters. The number of aromatic nitrogens is 2. The van der Waals surface area contributed by atoms with Crippen LogP contribution >= 0.6 is 0 Å². The fourth-order valence-corrected chi connectivity index (χ4v) is 1.38. The molecule has 78 valence electrons. The van der Waals surface area contributed by atoms with E-state index in [1.54, 1.807) is 29.2 Å². The van der Waals surface area contributed by atoms with Crippen LogP contribution < -0.4 is 0 Å². The van der Waals surface area contributed by atoms with Gasteiger partial charge in [0.2, 0.25) is 0 Å². The molecule has 0 saturated heterocycles. The van der Waals surface area contributed by atoms with Gasteiger partial charge < -0.3 is 5.11 Å². The number of hydrogen-bond donors (Lipinski definition) is 1. The highest BCUT2D eigenvalue weighted by molar-refractivity contribution is 5.31. The first-order valence-electron chi connectivity index (χ1n) is 4.70. The van der Waals surface area contributed by atoms with E-state index in [0.29, 0.717) is 12.1 Å². The molecule has 4 heteroatoms. The van der Waals surface area contributed by atoms with Crippen molar-refractivity contribution in [3.05, 3.63) is 48.0 Å². The summed E-state index contributed by atoms with van der Waals surface area (Å²) in [6.07, 6.45) is 4.02. The topological polar surface area (TPSA) is 38.1 Å². The van der Waals surface area contributed by atoms with Gasteiger partial charge in [0, 0.05) is 12.8 Å². The minimum absolute atomic E-state index is 0.0921. The lowest BCUT2D eigenvalue weighted by atomic mass is 10.3. The van der Waals surface area contributed by atoms with E-state index < -0.39 is 0 Å². The first-order valence-corrected chi connectivity index (χ1v) is 4.70. The summed E-state index contributed by atoms with van der Waals surface area (Å²) in [7, 11) is 0. The zero-order chi connectivity index (χ0) is 10.7. The van der Waals surface area contributed by atoms with E-state index in [1.807, 2.05) is 0 Å². The van der Waals surface area contributed by atoms with Crippen molar-refractivity contribution in [1.82, 2.24) is 9.78 Å². The minimum Gasteiger partial charge on any atom is -0.396 e. The first-order chi connectivity index (χ1) is 7.29. The molecule has 0 saturated carbocycles. The van der Waals surface area contributed by atoms with Gasteiger partial charge in [0.1, 0.15) is 5.82 Å². The lowest BCUT2D eigenvalue weighted by Gasteiger charge is -1.99. The number of rotatable bonds is 3.